The van der Waals surface area contributed by atoms with Crippen LogP contribution in [0, 0.1) is 0 Å². The summed E-state index contributed by atoms with van der Waals surface area (Å²) in [5.74, 6) is 0.658. The Morgan fingerprint density at radius 2 is 1.00 bits per heavy atom. The molecule has 9 rings (SSSR count). The van der Waals surface area contributed by atoms with Crippen LogP contribution in [0.15, 0.2) is 170 Å². The normalized spacial score (nSPS) is 11.3. The van der Waals surface area contributed by atoms with Crippen molar-refractivity contribution in [1.82, 2.24) is 19.9 Å². The van der Waals surface area contributed by atoms with E-state index < -0.39 is 0 Å². The number of fused-ring (bicyclic) bond motifs is 5. The van der Waals surface area contributed by atoms with Gasteiger partial charge in [-0.15, -0.1) is 0 Å². The number of rotatable bonds is 5. The zero-order chi connectivity index (χ0) is 31.9. The molecule has 0 aliphatic heterocycles. The summed E-state index contributed by atoms with van der Waals surface area (Å²) in [6, 6.07) is 56.7. The lowest BCUT2D eigenvalue weighted by Gasteiger charge is -2.13. The van der Waals surface area contributed by atoms with Crippen LogP contribution in [-0.2, 0) is 0 Å². The first kappa shape index (κ1) is 27.8. The first-order chi connectivity index (χ1) is 23.8. The maximum absolute atomic E-state index is 5.19. The fraction of sp³-hybridized carbons (Fsp3) is 0. The molecule has 0 N–H and O–H groups in total. The molecule has 0 fully saturated rings. The molecule has 0 atom stereocenters. The van der Waals surface area contributed by atoms with Crippen LogP contribution in [0.5, 0.6) is 0 Å². The molecule has 3 heterocycles. The number of benzene rings is 6. The molecule has 6 aromatic carbocycles. The Morgan fingerprint density at radius 3 is 1.81 bits per heavy atom. The third-order valence-electron chi connectivity index (χ3n) is 8.95. The summed E-state index contributed by atoms with van der Waals surface area (Å²) in [4.78, 5) is 19.8. The average molecular weight is 613 g/mol. The summed E-state index contributed by atoms with van der Waals surface area (Å²) >= 11 is 0. The molecule has 224 valence electrons. The van der Waals surface area contributed by atoms with Gasteiger partial charge in [0, 0.05) is 39.0 Å². The maximum atomic E-state index is 5.19. The SMILES string of the molecule is c1ccc(-c2ccc(-c3nc(-c4ccc(-c5nc6ccccc6c6c5ccc5ccccc56)cc4)cc(-c4ccccn4)n3)cc2)cc1. The molecule has 3 aromatic heterocycles. The molecule has 0 bridgehead atoms. The molecule has 0 aliphatic carbocycles. The van der Waals surface area contributed by atoms with Crippen molar-refractivity contribution in [3.8, 4) is 56.4 Å². The van der Waals surface area contributed by atoms with Crippen LogP contribution in [0.2, 0.25) is 0 Å². The highest BCUT2D eigenvalue weighted by Gasteiger charge is 2.15. The fourth-order valence-corrected chi connectivity index (χ4v) is 6.55. The minimum Gasteiger partial charge on any atom is -0.255 e. The molecule has 0 spiro atoms. The Labute approximate surface area is 278 Å². The molecule has 48 heavy (non-hydrogen) atoms. The summed E-state index contributed by atoms with van der Waals surface area (Å²) < 4.78 is 0. The van der Waals surface area contributed by atoms with Gasteiger partial charge in [0.15, 0.2) is 5.82 Å². The Bertz CT molecular complexity index is 2560. The molecule has 0 saturated heterocycles. The van der Waals surface area contributed by atoms with Crippen LogP contribution in [0.3, 0.4) is 0 Å². The third kappa shape index (κ3) is 4.97. The minimum atomic E-state index is 0.658. The number of hydrogen-bond donors (Lipinski definition) is 0. The average Bonchev–Trinajstić information content (AvgIpc) is 3.18. The Balaban J connectivity index is 1.15. The van der Waals surface area contributed by atoms with Crippen LogP contribution < -0.4 is 0 Å². The zero-order valence-electron chi connectivity index (χ0n) is 26.0. The molecular formula is C44H28N4. The number of nitrogens with zero attached hydrogens (tertiary/aromatic N) is 4. The van der Waals surface area contributed by atoms with Gasteiger partial charge in [0.1, 0.15) is 0 Å². The van der Waals surface area contributed by atoms with Gasteiger partial charge in [-0.05, 0) is 46.2 Å². The minimum absolute atomic E-state index is 0.658. The monoisotopic (exact) mass is 612 g/mol. The van der Waals surface area contributed by atoms with E-state index in [0.717, 1.165) is 61.3 Å². The van der Waals surface area contributed by atoms with Crippen molar-refractivity contribution >= 4 is 32.4 Å². The van der Waals surface area contributed by atoms with Gasteiger partial charge in [0.2, 0.25) is 0 Å². The second kappa shape index (κ2) is 11.7. The number of aromatic nitrogens is 4. The van der Waals surface area contributed by atoms with Crippen molar-refractivity contribution in [2.24, 2.45) is 0 Å². The molecule has 4 nitrogen and oxygen atoms in total. The number of pyridine rings is 2. The van der Waals surface area contributed by atoms with E-state index in [2.05, 4.69) is 138 Å². The van der Waals surface area contributed by atoms with E-state index in [1.807, 2.05) is 30.3 Å². The van der Waals surface area contributed by atoms with Crippen molar-refractivity contribution in [2.75, 3.05) is 0 Å². The van der Waals surface area contributed by atoms with Crippen LogP contribution in [0.4, 0.5) is 0 Å². The number of hydrogen-bond acceptors (Lipinski definition) is 4. The van der Waals surface area contributed by atoms with E-state index in [-0.39, 0.29) is 0 Å². The van der Waals surface area contributed by atoms with Crippen molar-refractivity contribution in [2.45, 2.75) is 0 Å². The fourth-order valence-electron chi connectivity index (χ4n) is 6.55. The molecule has 4 heteroatoms. The summed E-state index contributed by atoms with van der Waals surface area (Å²) in [5.41, 5.74) is 9.70. The molecule has 0 saturated carbocycles. The second-order valence-electron chi connectivity index (χ2n) is 11.9. The van der Waals surface area contributed by atoms with Crippen LogP contribution in [-0.4, -0.2) is 19.9 Å². The quantitative estimate of drug-likeness (QED) is 0.181. The van der Waals surface area contributed by atoms with Gasteiger partial charge >= 0.3 is 0 Å². The van der Waals surface area contributed by atoms with Crippen LogP contribution in [0.25, 0.3) is 88.9 Å². The topological polar surface area (TPSA) is 51.6 Å². The van der Waals surface area contributed by atoms with E-state index >= 15 is 0 Å². The molecule has 0 amide bonds. The lowest BCUT2D eigenvalue weighted by molar-refractivity contribution is 1.16. The standard InChI is InChI=1S/C44H28N4/c1-2-10-29(11-3-1)30-17-23-34(24-18-30)44-47-40(28-41(48-44)39-16-8-9-27-45-39)32-19-21-33(22-20-32)43-37-26-25-31-12-4-5-13-35(31)42(37)36-14-6-7-15-38(36)46-43/h1-28H. The predicted molar refractivity (Wildman–Crippen MR) is 197 cm³/mol. The summed E-state index contributed by atoms with van der Waals surface area (Å²) in [7, 11) is 0. The van der Waals surface area contributed by atoms with Crippen molar-refractivity contribution in [1.29, 1.82) is 0 Å². The van der Waals surface area contributed by atoms with E-state index in [4.69, 9.17) is 15.0 Å². The first-order valence-electron chi connectivity index (χ1n) is 16.1. The third-order valence-corrected chi connectivity index (χ3v) is 8.95. The van der Waals surface area contributed by atoms with Gasteiger partial charge in [0.05, 0.1) is 28.3 Å². The highest BCUT2D eigenvalue weighted by Crippen LogP contribution is 2.37. The van der Waals surface area contributed by atoms with E-state index in [0.29, 0.717) is 5.82 Å². The second-order valence-corrected chi connectivity index (χ2v) is 11.9. The Morgan fingerprint density at radius 1 is 0.354 bits per heavy atom. The van der Waals surface area contributed by atoms with Crippen molar-refractivity contribution in [3.63, 3.8) is 0 Å². The highest BCUT2D eigenvalue weighted by molar-refractivity contribution is 6.22. The summed E-state index contributed by atoms with van der Waals surface area (Å²) in [6.45, 7) is 0. The van der Waals surface area contributed by atoms with Crippen molar-refractivity contribution < 1.29 is 0 Å². The van der Waals surface area contributed by atoms with E-state index in [9.17, 15) is 0 Å². The Kier molecular flexibility index (Phi) is 6.76. The molecule has 0 aliphatic rings. The molecule has 0 unspecified atom stereocenters. The smallest absolute Gasteiger partial charge is 0.160 e. The van der Waals surface area contributed by atoms with Crippen LogP contribution in [0.1, 0.15) is 0 Å². The lowest BCUT2D eigenvalue weighted by Crippen LogP contribution is -1.97. The molecule has 0 radical (unpaired) electrons. The van der Waals surface area contributed by atoms with E-state index in [1.165, 1.54) is 21.7 Å². The van der Waals surface area contributed by atoms with Crippen molar-refractivity contribution in [3.05, 3.63) is 170 Å². The van der Waals surface area contributed by atoms with Gasteiger partial charge in [-0.2, -0.15) is 0 Å². The zero-order valence-corrected chi connectivity index (χ0v) is 26.0. The van der Waals surface area contributed by atoms with Gasteiger partial charge in [-0.25, -0.2) is 15.0 Å². The summed E-state index contributed by atoms with van der Waals surface area (Å²) in [6.07, 6.45) is 1.80. The van der Waals surface area contributed by atoms with Crippen LogP contribution >= 0.6 is 0 Å². The first-order valence-corrected chi connectivity index (χ1v) is 16.1. The van der Waals surface area contributed by atoms with Gasteiger partial charge in [-0.1, -0.05) is 140 Å². The van der Waals surface area contributed by atoms with Gasteiger partial charge in [-0.3, -0.25) is 4.98 Å². The predicted octanol–water partition coefficient (Wildman–Crippen LogP) is 11.1. The molecular weight excluding hydrogens is 585 g/mol. The summed E-state index contributed by atoms with van der Waals surface area (Å²) in [5, 5.41) is 5.99. The Hall–Kier alpha value is -6.52. The number of para-hydroxylation sites is 1. The van der Waals surface area contributed by atoms with Gasteiger partial charge < -0.3 is 0 Å². The maximum Gasteiger partial charge on any atom is 0.160 e. The molecule has 9 aromatic rings. The lowest BCUT2D eigenvalue weighted by atomic mass is 9.95. The largest absolute Gasteiger partial charge is 0.255 e. The van der Waals surface area contributed by atoms with Gasteiger partial charge in [0.25, 0.3) is 0 Å². The van der Waals surface area contributed by atoms with E-state index in [1.54, 1.807) is 6.20 Å². The highest BCUT2D eigenvalue weighted by atomic mass is 14.9.